The number of hydrogen-bond donors (Lipinski definition) is 7. The number of hydrogen-bond acceptors (Lipinski definition) is 10. The van der Waals surface area contributed by atoms with Gasteiger partial charge in [0.05, 0.1) is 0 Å². The zero-order valence-corrected chi connectivity index (χ0v) is 15.9. The van der Waals surface area contributed by atoms with Gasteiger partial charge in [0.1, 0.15) is 18.1 Å². The third kappa shape index (κ3) is 9.46. The Morgan fingerprint density at radius 3 is 2.07 bits per heavy atom. The molecule has 0 spiro atoms. The summed E-state index contributed by atoms with van der Waals surface area (Å²) in [6.45, 7) is -0.992. The molecule has 0 heterocycles. The van der Waals surface area contributed by atoms with Gasteiger partial charge < -0.3 is 31.8 Å². The molecule has 7 N–H and O–H groups in total. The number of hydroxylamine groups is 2. The van der Waals surface area contributed by atoms with Crippen molar-refractivity contribution in [1.82, 2.24) is 10.4 Å². The van der Waals surface area contributed by atoms with Gasteiger partial charge in [-0.2, -0.15) is 30.3 Å². The van der Waals surface area contributed by atoms with E-state index in [1.54, 1.807) is 0 Å². The molecule has 154 valence electrons. The average Bonchev–Trinajstić information content (AvgIpc) is 2.61. The normalized spacial score (nSPS) is 13.8. The van der Waals surface area contributed by atoms with Crippen molar-refractivity contribution in [3.8, 4) is 0 Å². The predicted octanol–water partition coefficient (Wildman–Crippen LogP) is -2.78. The van der Waals surface area contributed by atoms with E-state index in [9.17, 15) is 24.0 Å². The van der Waals surface area contributed by atoms with Crippen molar-refractivity contribution in [2.75, 3.05) is 18.1 Å². The number of carboxylic acids is 2. The van der Waals surface area contributed by atoms with Gasteiger partial charge >= 0.3 is 17.9 Å². The molecule has 0 aliphatic rings. The van der Waals surface area contributed by atoms with E-state index < -0.39 is 54.4 Å². The second-order valence-electron chi connectivity index (χ2n) is 5.25. The first-order valence-corrected chi connectivity index (χ1v) is 8.79. The Labute approximate surface area is 165 Å². The third-order valence-corrected chi connectivity index (χ3v) is 3.80. The number of aliphatic carboxylic acids is 2. The fourth-order valence-corrected chi connectivity index (χ4v) is 1.96. The van der Waals surface area contributed by atoms with Gasteiger partial charge in [0.2, 0.25) is 5.91 Å². The van der Waals surface area contributed by atoms with Crippen LogP contribution in [0.3, 0.4) is 0 Å². The summed E-state index contributed by atoms with van der Waals surface area (Å²) in [6, 6.07) is -3.78. The van der Waals surface area contributed by atoms with E-state index in [1.807, 2.05) is 0 Å². The molecule has 2 amide bonds. The summed E-state index contributed by atoms with van der Waals surface area (Å²) in [4.78, 5) is 62.1. The molecule has 14 heteroatoms. The Balaban J connectivity index is 5.01. The van der Waals surface area contributed by atoms with E-state index in [0.29, 0.717) is 0 Å². The van der Waals surface area contributed by atoms with Crippen molar-refractivity contribution in [3.05, 3.63) is 0 Å². The fourth-order valence-electron chi connectivity index (χ4n) is 1.56. The molecule has 12 nitrogen and oxygen atoms in total. The zero-order valence-electron chi connectivity index (χ0n) is 14.1. The molecule has 0 saturated heterocycles. The lowest BCUT2D eigenvalue weighted by molar-refractivity contribution is -0.202. The molecule has 0 aliphatic heterocycles. The van der Waals surface area contributed by atoms with E-state index in [2.05, 4.69) is 35.4 Å². The van der Waals surface area contributed by atoms with E-state index in [1.165, 1.54) is 0 Å². The zero-order chi connectivity index (χ0) is 21.1. The minimum atomic E-state index is -1.48. The lowest BCUT2D eigenvalue weighted by Gasteiger charge is -2.25. The first kappa shape index (κ1) is 25.0. The average molecular weight is 426 g/mol. The highest BCUT2D eigenvalue weighted by Gasteiger charge is 2.31. The number of thiol groups is 2. The largest absolute Gasteiger partial charge is 0.480 e. The highest BCUT2D eigenvalue weighted by Crippen LogP contribution is 2.04. The predicted molar refractivity (Wildman–Crippen MR) is 97.9 cm³/mol. The molecule has 0 aromatic carbocycles. The quantitative estimate of drug-likeness (QED) is 0.134. The Hall–Kier alpha value is -2.03. The summed E-state index contributed by atoms with van der Waals surface area (Å²) in [5.41, 5.74) is 10.7. The summed E-state index contributed by atoms with van der Waals surface area (Å²) in [5, 5.41) is 20.0. The number of rotatable bonds is 11. The molecule has 3 atom stereocenters. The summed E-state index contributed by atoms with van der Waals surface area (Å²) >= 11 is 7.69. The van der Waals surface area contributed by atoms with Gasteiger partial charge in [-0.15, -0.1) is 0 Å². The first-order chi connectivity index (χ1) is 12.5. The van der Waals surface area contributed by atoms with E-state index in [-0.39, 0.29) is 29.4 Å². The Kier molecular flexibility index (Phi) is 11.4. The maximum absolute atomic E-state index is 12.4. The van der Waals surface area contributed by atoms with E-state index in [0.717, 1.165) is 0 Å². The van der Waals surface area contributed by atoms with Gasteiger partial charge in [-0.3, -0.25) is 19.2 Å². The maximum Gasteiger partial charge on any atom is 0.349 e. The monoisotopic (exact) mass is 426 g/mol. The van der Waals surface area contributed by atoms with Gasteiger partial charge in [0, 0.05) is 17.9 Å². The Morgan fingerprint density at radius 2 is 1.63 bits per heavy atom. The summed E-state index contributed by atoms with van der Waals surface area (Å²) < 4.78 is 0. The van der Waals surface area contributed by atoms with E-state index >= 15 is 0 Å². The van der Waals surface area contributed by atoms with Crippen LogP contribution in [0, 0.1) is 0 Å². The summed E-state index contributed by atoms with van der Waals surface area (Å²) in [6.07, 6.45) is -0.479. The molecular formula is C13H22N4O8S2. The highest BCUT2D eigenvalue weighted by molar-refractivity contribution is 7.80. The van der Waals surface area contributed by atoms with Crippen LogP contribution in [0.15, 0.2) is 0 Å². The fraction of sp³-hybridized carbons (Fsp3) is 0.615. The van der Waals surface area contributed by atoms with Crippen LogP contribution in [0.25, 0.3) is 0 Å². The number of carbonyl (C=O) groups is 5. The minimum absolute atomic E-state index is 0.107. The molecule has 0 fully saturated rings. The number of carboxylic acid groups (broad SMARTS) is 2. The van der Waals surface area contributed by atoms with Gasteiger partial charge in [-0.05, 0) is 6.42 Å². The Morgan fingerprint density at radius 1 is 1.04 bits per heavy atom. The molecule has 0 radical (unpaired) electrons. The SMILES string of the molecule is NC(CCC(=O)NC(CS)C(=O)N(CC(=O)O)OC(=O)[C@@H](N)CS)C(=O)O. The van der Waals surface area contributed by atoms with E-state index in [4.69, 9.17) is 21.7 Å². The van der Waals surface area contributed by atoms with Crippen LogP contribution in [0.4, 0.5) is 0 Å². The summed E-state index contributed by atoms with van der Waals surface area (Å²) in [7, 11) is 0. The van der Waals surface area contributed by atoms with Gasteiger partial charge in [0.25, 0.3) is 5.91 Å². The number of amides is 2. The molecule has 0 aromatic rings. The lowest BCUT2D eigenvalue weighted by Crippen LogP contribution is -2.52. The number of nitrogens with one attached hydrogen (secondary N) is 1. The van der Waals surface area contributed by atoms with Crippen LogP contribution in [0.2, 0.25) is 0 Å². The van der Waals surface area contributed by atoms with Crippen LogP contribution in [0.5, 0.6) is 0 Å². The first-order valence-electron chi connectivity index (χ1n) is 7.53. The van der Waals surface area contributed by atoms with Crippen LogP contribution in [-0.2, 0) is 28.8 Å². The van der Waals surface area contributed by atoms with Crippen molar-refractivity contribution >= 4 is 55.0 Å². The third-order valence-electron chi connectivity index (χ3n) is 3.04. The lowest BCUT2D eigenvalue weighted by atomic mass is 10.1. The van der Waals surface area contributed by atoms with Crippen molar-refractivity contribution in [2.24, 2.45) is 11.5 Å². The van der Waals surface area contributed by atoms with Crippen molar-refractivity contribution in [3.63, 3.8) is 0 Å². The molecule has 0 saturated carbocycles. The Bertz CT molecular complexity index is 577. The minimum Gasteiger partial charge on any atom is -0.480 e. The smallest absolute Gasteiger partial charge is 0.349 e. The number of carbonyl (C=O) groups excluding carboxylic acids is 3. The standard InChI is InChI=1S/C13H22N4O8S2/c14-6(12(22)23)1-2-9(18)16-8(5-27)11(21)17(3-10(19)20)25-13(24)7(15)4-26/h6-8,26-27H,1-5,14-15H2,(H,16,18)(H,19,20)(H,22,23)/t6?,7-,8?/m0/s1. The van der Waals surface area contributed by atoms with Gasteiger partial charge in [-0.25, -0.2) is 4.79 Å². The molecule has 0 bridgehead atoms. The highest BCUT2D eigenvalue weighted by atomic mass is 32.1. The van der Waals surface area contributed by atoms with Crippen LogP contribution in [-0.4, -0.2) is 81.2 Å². The maximum atomic E-state index is 12.4. The number of nitrogens with two attached hydrogens (primary N) is 2. The number of nitrogens with zero attached hydrogens (tertiary/aromatic N) is 1. The van der Waals surface area contributed by atoms with Crippen LogP contribution >= 0.6 is 25.3 Å². The molecule has 0 rings (SSSR count). The van der Waals surface area contributed by atoms with Crippen LogP contribution in [0.1, 0.15) is 12.8 Å². The molecule has 0 aliphatic carbocycles. The molecular weight excluding hydrogens is 404 g/mol. The molecule has 2 unspecified atom stereocenters. The van der Waals surface area contributed by atoms with Crippen LogP contribution < -0.4 is 16.8 Å². The van der Waals surface area contributed by atoms with Gasteiger partial charge in [0.15, 0.2) is 6.54 Å². The second kappa shape index (κ2) is 12.4. The second-order valence-corrected chi connectivity index (χ2v) is 5.98. The molecule has 0 aromatic heterocycles. The molecule has 27 heavy (non-hydrogen) atoms. The van der Waals surface area contributed by atoms with Crippen molar-refractivity contribution < 1.29 is 39.0 Å². The summed E-state index contributed by atoms with van der Waals surface area (Å²) in [5.74, 6) is -5.98. The topological polar surface area (TPSA) is 202 Å². The van der Waals surface area contributed by atoms with Gasteiger partial charge in [-0.1, -0.05) is 0 Å². The van der Waals surface area contributed by atoms with Crippen molar-refractivity contribution in [1.29, 1.82) is 0 Å². The van der Waals surface area contributed by atoms with Crippen molar-refractivity contribution in [2.45, 2.75) is 31.0 Å².